The molecule has 0 aromatic carbocycles. The maximum Gasteiger partial charge on any atom is 0.0897 e. The van der Waals surface area contributed by atoms with Gasteiger partial charge in [-0.25, -0.2) is 5.43 Å². The highest BCUT2D eigenvalue weighted by Gasteiger charge is 2.17. The molecule has 0 spiro atoms. The van der Waals surface area contributed by atoms with Crippen LogP contribution in [0.25, 0.3) is 0 Å². The first kappa shape index (κ1) is 10.8. The lowest BCUT2D eigenvalue weighted by Gasteiger charge is -2.13. The van der Waals surface area contributed by atoms with E-state index in [4.69, 9.17) is 5.84 Å². The van der Waals surface area contributed by atoms with Crippen molar-refractivity contribution in [2.24, 2.45) is 5.84 Å². The zero-order chi connectivity index (χ0) is 10.8. The van der Waals surface area contributed by atoms with E-state index in [0.717, 1.165) is 0 Å². The summed E-state index contributed by atoms with van der Waals surface area (Å²) in [7, 11) is 0. The van der Waals surface area contributed by atoms with Gasteiger partial charge >= 0.3 is 0 Å². The Bertz CT molecular complexity index is 445. The Balaban J connectivity index is 2.36. The summed E-state index contributed by atoms with van der Waals surface area (Å²) >= 11 is 3.54. The van der Waals surface area contributed by atoms with Gasteiger partial charge in [-0.3, -0.25) is 5.84 Å². The monoisotopic (exact) mass is 238 g/mol. The highest BCUT2D eigenvalue weighted by Crippen LogP contribution is 2.32. The minimum atomic E-state index is 0.142. The highest BCUT2D eigenvalue weighted by atomic mass is 32.1. The van der Waals surface area contributed by atoms with Gasteiger partial charge in [-0.15, -0.1) is 22.7 Å². The summed E-state index contributed by atoms with van der Waals surface area (Å²) in [5, 5.41) is 2.11. The molecule has 2 rings (SSSR count). The zero-order valence-corrected chi connectivity index (χ0v) is 10.4. The van der Waals surface area contributed by atoms with Gasteiger partial charge in [0.2, 0.25) is 0 Å². The summed E-state index contributed by atoms with van der Waals surface area (Å²) in [6.07, 6.45) is 0. The second kappa shape index (κ2) is 4.45. The topological polar surface area (TPSA) is 38.0 Å². The molecule has 0 aliphatic rings. The summed E-state index contributed by atoms with van der Waals surface area (Å²) in [6.45, 7) is 4.24. The van der Waals surface area contributed by atoms with E-state index < -0.39 is 0 Å². The van der Waals surface area contributed by atoms with Crippen LogP contribution >= 0.6 is 22.7 Å². The van der Waals surface area contributed by atoms with Crippen molar-refractivity contribution in [2.45, 2.75) is 19.9 Å². The lowest BCUT2D eigenvalue weighted by atomic mass is 10.1. The second-order valence-electron chi connectivity index (χ2n) is 3.52. The van der Waals surface area contributed by atoms with E-state index in [-0.39, 0.29) is 6.04 Å². The van der Waals surface area contributed by atoms with Crippen molar-refractivity contribution >= 4 is 22.7 Å². The highest BCUT2D eigenvalue weighted by molar-refractivity contribution is 7.13. The fraction of sp³-hybridized carbons (Fsp3) is 0.273. The number of aryl methyl sites for hydroxylation is 2. The molecule has 0 aliphatic heterocycles. The number of hydrazine groups is 1. The van der Waals surface area contributed by atoms with Crippen LogP contribution in [0.1, 0.15) is 26.2 Å². The molecule has 0 fully saturated rings. The number of rotatable bonds is 3. The molecule has 0 saturated heterocycles. The van der Waals surface area contributed by atoms with Crippen molar-refractivity contribution in [3.63, 3.8) is 0 Å². The first-order chi connectivity index (χ1) is 7.22. The Morgan fingerprint density at radius 1 is 1.27 bits per heavy atom. The van der Waals surface area contributed by atoms with Gasteiger partial charge in [0.15, 0.2) is 0 Å². The van der Waals surface area contributed by atoms with Crippen LogP contribution < -0.4 is 11.3 Å². The smallest absolute Gasteiger partial charge is 0.0897 e. The van der Waals surface area contributed by atoms with E-state index in [1.54, 1.807) is 22.7 Å². The third-order valence-electron chi connectivity index (χ3n) is 2.38. The Morgan fingerprint density at radius 3 is 2.53 bits per heavy atom. The van der Waals surface area contributed by atoms with Gasteiger partial charge in [-0.2, -0.15) is 0 Å². The molecule has 0 amide bonds. The first-order valence-corrected chi connectivity index (χ1v) is 6.48. The van der Waals surface area contributed by atoms with Gasteiger partial charge < -0.3 is 0 Å². The van der Waals surface area contributed by atoms with Crippen molar-refractivity contribution in [1.29, 1.82) is 0 Å². The molecule has 0 aliphatic carbocycles. The van der Waals surface area contributed by atoms with E-state index in [1.165, 1.54) is 20.2 Å². The molecule has 0 radical (unpaired) electrons. The fourth-order valence-electron chi connectivity index (χ4n) is 1.58. The first-order valence-electron chi connectivity index (χ1n) is 4.79. The SMILES string of the molecule is Cc1ccc(C(NN)c2sccc2C)s1. The fourth-order valence-corrected chi connectivity index (χ4v) is 3.60. The van der Waals surface area contributed by atoms with Gasteiger partial charge in [0.05, 0.1) is 6.04 Å². The maximum atomic E-state index is 5.64. The second-order valence-corrected chi connectivity index (χ2v) is 5.78. The molecular formula is C11H14N2S2. The standard InChI is InChI=1S/C11H14N2S2/c1-7-5-6-14-11(7)10(13-12)9-4-3-8(2)15-9/h3-6,10,13H,12H2,1-2H3. The number of nitrogens with two attached hydrogens (primary N) is 1. The summed E-state index contributed by atoms with van der Waals surface area (Å²) < 4.78 is 0. The molecule has 1 atom stereocenters. The number of hydrogen-bond donors (Lipinski definition) is 2. The van der Waals surface area contributed by atoms with E-state index in [1.807, 2.05) is 0 Å². The third kappa shape index (κ3) is 2.13. The van der Waals surface area contributed by atoms with Crippen LogP contribution in [0.4, 0.5) is 0 Å². The lowest BCUT2D eigenvalue weighted by Crippen LogP contribution is -2.27. The van der Waals surface area contributed by atoms with Crippen LogP contribution in [0.2, 0.25) is 0 Å². The summed E-state index contributed by atoms with van der Waals surface area (Å²) in [5.41, 5.74) is 4.20. The predicted octanol–water partition coefficient (Wildman–Crippen LogP) is 2.98. The molecule has 0 saturated carbocycles. The molecule has 80 valence electrons. The normalized spacial score (nSPS) is 13.0. The van der Waals surface area contributed by atoms with Gasteiger partial charge in [0.1, 0.15) is 0 Å². The molecule has 15 heavy (non-hydrogen) atoms. The Labute approximate surface area is 97.7 Å². The van der Waals surface area contributed by atoms with Crippen LogP contribution in [0.5, 0.6) is 0 Å². The molecule has 2 nitrogen and oxygen atoms in total. The van der Waals surface area contributed by atoms with Crippen LogP contribution in [0, 0.1) is 13.8 Å². The predicted molar refractivity (Wildman–Crippen MR) is 67.3 cm³/mol. The van der Waals surface area contributed by atoms with E-state index >= 15 is 0 Å². The van der Waals surface area contributed by atoms with Crippen molar-refractivity contribution in [2.75, 3.05) is 0 Å². The molecule has 3 N–H and O–H groups in total. The van der Waals surface area contributed by atoms with Crippen LogP contribution in [-0.4, -0.2) is 0 Å². The summed E-state index contributed by atoms with van der Waals surface area (Å²) in [4.78, 5) is 3.90. The Morgan fingerprint density at radius 2 is 2.07 bits per heavy atom. The minimum absolute atomic E-state index is 0.142. The average molecular weight is 238 g/mol. The average Bonchev–Trinajstić information content (AvgIpc) is 2.79. The van der Waals surface area contributed by atoms with Crippen molar-refractivity contribution in [1.82, 2.24) is 5.43 Å². The third-order valence-corrected chi connectivity index (χ3v) is 4.53. The minimum Gasteiger partial charge on any atom is -0.271 e. The van der Waals surface area contributed by atoms with E-state index in [0.29, 0.717) is 0 Å². The largest absolute Gasteiger partial charge is 0.271 e. The molecule has 0 bridgehead atoms. The van der Waals surface area contributed by atoms with E-state index in [9.17, 15) is 0 Å². The Kier molecular flexibility index (Phi) is 3.21. The molecule has 2 aromatic rings. The summed E-state index contributed by atoms with van der Waals surface area (Å²) in [6, 6.07) is 6.55. The van der Waals surface area contributed by atoms with Crippen molar-refractivity contribution < 1.29 is 0 Å². The van der Waals surface area contributed by atoms with Crippen molar-refractivity contribution in [3.05, 3.63) is 43.8 Å². The summed E-state index contributed by atoms with van der Waals surface area (Å²) in [5.74, 6) is 5.64. The maximum absolute atomic E-state index is 5.64. The molecule has 1 unspecified atom stereocenters. The number of thiophene rings is 2. The Hall–Kier alpha value is -0.680. The van der Waals surface area contributed by atoms with Gasteiger partial charge in [-0.05, 0) is 43.0 Å². The lowest BCUT2D eigenvalue weighted by molar-refractivity contribution is 0.653. The van der Waals surface area contributed by atoms with Crippen LogP contribution in [0.15, 0.2) is 23.6 Å². The number of hydrogen-bond acceptors (Lipinski definition) is 4. The molecule has 2 heterocycles. The molecule has 2 aromatic heterocycles. The van der Waals surface area contributed by atoms with Gasteiger partial charge in [0.25, 0.3) is 0 Å². The molecule has 4 heteroatoms. The quantitative estimate of drug-likeness (QED) is 0.637. The molecular weight excluding hydrogens is 224 g/mol. The van der Waals surface area contributed by atoms with Crippen molar-refractivity contribution in [3.8, 4) is 0 Å². The zero-order valence-electron chi connectivity index (χ0n) is 8.78. The number of nitrogens with one attached hydrogen (secondary N) is 1. The van der Waals surface area contributed by atoms with Gasteiger partial charge in [0, 0.05) is 14.6 Å². The van der Waals surface area contributed by atoms with Gasteiger partial charge in [-0.1, -0.05) is 0 Å². The van der Waals surface area contributed by atoms with Crippen LogP contribution in [-0.2, 0) is 0 Å². The van der Waals surface area contributed by atoms with E-state index in [2.05, 4.69) is 42.9 Å². The van der Waals surface area contributed by atoms with Crippen LogP contribution in [0.3, 0.4) is 0 Å².